The van der Waals surface area contributed by atoms with Crippen LogP contribution in [0.15, 0.2) is 16.8 Å². The highest BCUT2D eigenvalue weighted by Crippen LogP contribution is 2.72. The molecule has 84 valence electrons. The molecule has 1 unspecified atom stereocenters. The summed E-state index contributed by atoms with van der Waals surface area (Å²) in [5, 5.41) is 4.30. The van der Waals surface area contributed by atoms with Crippen LogP contribution in [-0.2, 0) is 0 Å². The Morgan fingerprint density at radius 1 is 1.33 bits per heavy atom. The van der Waals surface area contributed by atoms with Gasteiger partial charge in [-0.1, -0.05) is 27.7 Å². The lowest BCUT2D eigenvalue weighted by molar-refractivity contribution is 0.418. The number of hydrazine groups is 1. The van der Waals surface area contributed by atoms with E-state index in [0.717, 1.165) is 0 Å². The summed E-state index contributed by atoms with van der Waals surface area (Å²) in [6.45, 7) is 9.31. The fraction of sp³-hybridized carbons (Fsp3) is 0.667. The highest BCUT2D eigenvalue weighted by molar-refractivity contribution is 7.07. The highest BCUT2D eigenvalue weighted by Gasteiger charge is 2.67. The van der Waals surface area contributed by atoms with E-state index in [9.17, 15) is 0 Å². The minimum absolute atomic E-state index is 0.293. The Balaban J connectivity index is 2.25. The molecule has 0 bridgehead atoms. The zero-order valence-corrected chi connectivity index (χ0v) is 10.7. The quantitative estimate of drug-likeness (QED) is 0.612. The van der Waals surface area contributed by atoms with Gasteiger partial charge < -0.3 is 0 Å². The predicted octanol–water partition coefficient (Wildman–Crippen LogP) is 2.93. The van der Waals surface area contributed by atoms with Crippen LogP contribution in [-0.4, -0.2) is 0 Å². The first-order valence-electron chi connectivity index (χ1n) is 5.41. The SMILES string of the molecule is CC1(C)C(C(NN)c2ccsc2)C1(C)C. The lowest BCUT2D eigenvalue weighted by Crippen LogP contribution is -2.30. The summed E-state index contributed by atoms with van der Waals surface area (Å²) < 4.78 is 0. The number of rotatable bonds is 3. The van der Waals surface area contributed by atoms with Crippen molar-refractivity contribution < 1.29 is 0 Å². The largest absolute Gasteiger partial charge is 0.271 e. The molecule has 1 fully saturated rings. The normalized spacial score (nSPS) is 25.1. The van der Waals surface area contributed by atoms with E-state index >= 15 is 0 Å². The average Bonchev–Trinajstić information content (AvgIpc) is 2.63. The molecule has 0 radical (unpaired) electrons. The molecule has 0 saturated heterocycles. The van der Waals surface area contributed by atoms with E-state index in [0.29, 0.717) is 22.8 Å². The standard InChI is InChI=1S/C12H20N2S/c1-11(2)10(12(11,3)4)9(14-13)8-5-6-15-7-8/h5-7,9-10,14H,13H2,1-4H3. The molecule has 0 spiro atoms. The van der Waals surface area contributed by atoms with E-state index in [4.69, 9.17) is 5.84 Å². The molecule has 1 saturated carbocycles. The lowest BCUT2D eigenvalue weighted by Gasteiger charge is -2.16. The third-order valence-corrected chi connectivity index (χ3v) is 5.25. The predicted molar refractivity (Wildman–Crippen MR) is 65.4 cm³/mol. The Labute approximate surface area is 95.8 Å². The zero-order chi connectivity index (χ0) is 11.3. The number of nitrogens with one attached hydrogen (secondary N) is 1. The van der Waals surface area contributed by atoms with Crippen molar-refractivity contribution in [2.75, 3.05) is 0 Å². The smallest absolute Gasteiger partial charge is 0.0506 e. The molecule has 2 rings (SSSR count). The molecule has 1 aliphatic rings. The molecule has 0 aromatic carbocycles. The van der Waals surface area contributed by atoms with Gasteiger partial charge in [-0.25, -0.2) is 0 Å². The Morgan fingerprint density at radius 2 is 1.93 bits per heavy atom. The van der Waals surface area contributed by atoms with Gasteiger partial charge >= 0.3 is 0 Å². The van der Waals surface area contributed by atoms with Crippen LogP contribution in [0.1, 0.15) is 39.3 Å². The number of nitrogens with two attached hydrogens (primary N) is 1. The number of hydrogen-bond donors (Lipinski definition) is 2. The average molecular weight is 224 g/mol. The van der Waals surface area contributed by atoms with Gasteiger partial charge in [-0.3, -0.25) is 11.3 Å². The Bertz CT molecular complexity index is 327. The van der Waals surface area contributed by atoms with Crippen molar-refractivity contribution >= 4 is 11.3 Å². The maximum absolute atomic E-state index is 5.70. The van der Waals surface area contributed by atoms with Gasteiger partial charge in [0.2, 0.25) is 0 Å². The van der Waals surface area contributed by atoms with Crippen molar-refractivity contribution in [2.24, 2.45) is 22.6 Å². The minimum Gasteiger partial charge on any atom is -0.271 e. The van der Waals surface area contributed by atoms with Gasteiger partial charge in [0.05, 0.1) is 6.04 Å². The second kappa shape index (κ2) is 3.30. The topological polar surface area (TPSA) is 38.0 Å². The summed E-state index contributed by atoms with van der Waals surface area (Å²) in [5.74, 6) is 6.32. The maximum Gasteiger partial charge on any atom is 0.0506 e. The van der Waals surface area contributed by atoms with Gasteiger partial charge in [-0.2, -0.15) is 11.3 Å². The van der Waals surface area contributed by atoms with E-state index in [1.54, 1.807) is 11.3 Å². The molecular weight excluding hydrogens is 204 g/mol. The summed E-state index contributed by atoms with van der Waals surface area (Å²) in [6, 6.07) is 2.46. The molecule has 1 heterocycles. The van der Waals surface area contributed by atoms with E-state index in [-0.39, 0.29) is 0 Å². The summed E-state index contributed by atoms with van der Waals surface area (Å²) in [7, 11) is 0. The molecule has 1 aliphatic carbocycles. The third-order valence-electron chi connectivity index (χ3n) is 4.55. The minimum atomic E-state index is 0.293. The van der Waals surface area contributed by atoms with Crippen molar-refractivity contribution in [3.63, 3.8) is 0 Å². The first kappa shape index (κ1) is 11.1. The molecule has 2 nitrogen and oxygen atoms in total. The first-order chi connectivity index (χ1) is 6.93. The summed E-state index contributed by atoms with van der Waals surface area (Å²) in [4.78, 5) is 0. The van der Waals surface area contributed by atoms with E-state index in [1.807, 2.05) is 0 Å². The van der Waals surface area contributed by atoms with Crippen LogP contribution in [0.5, 0.6) is 0 Å². The molecule has 0 amide bonds. The van der Waals surface area contributed by atoms with Gasteiger partial charge in [-0.15, -0.1) is 0 Å². The first-order valence-corrected chi connectivity index (χ1v) is 6.35. The second-order valence-electron chi connectivity index (χ2n) is 5.62. The third kappa shape index (κ3) is 1.45. The van der Waals surface area contributed by atoms with Crippen molar-refractivity contribution in [2.45, 2.75) is 33.7 Å². The van der Waals surface area contributed by atoms with Gasteiger partial charge in [0.25, 0.3) is 0 Å². The van der Waals surface area contributed by atoms with Crippen molar-refractivity contribution in [3.8, 4) is 0 Å². The van der Waals surface area contributed by atoms with Crippen LogP contribution in [0.4, 0.5) is 0 Å². The number of thiophene rings is 1. The zero-order valence-electron chi connectivity index (χ0n) is 9.87. The highest BCUT2D eigenvalue weighted by atomic mass is 32.1. The Hall–Kier alpha value is -0.380. The Kier molecular flexibility index (Phi) is 2.45. The van der Waals surface area contributed by atoms with Gasteiger partial charge in [-0.05, 0) is 39.1 Å². The van der Waals surface area contributed by atoms with E-state index in [2.05, 4.69) is 49.9 Å². The molecule has 15 heavy (non-hydrogen) atoms. The summed E-state index contributed by atoms with van der Waals surface area (Å²) in [6.07, 6.45) is 0. The fourth-order valence-electron chi connectivity index (χ4n) is 2.92. The summed E-state index contributed by atoms with van der Waals surface area (Å²) in [5.41, 5.74) is 5.04. The molecule has 0 aliphatic heterocycles. The van der Waals surface area contributed by atoms with Crippen LogP contribution in [0.25, 0.3) is 0 Å². The van der Waals surface area contributed by atoms with Crippen molar-refractivity contribution in [1.29, 1.82) is 0 Å². The molecule has 1 aromatic heterocycles. The van der Waals surface area contributed by atoms with E-state index < -0.39 is 0 Å². The van der Waals surface area contributed by atoms with Crippen LogP contribution in [0, 0.1) is 16.7 Å². The van der Waals surface area contributed by atoms with Gasteiger partial charge in [0.15, 0.2) is 0 Å². The van der Waals surface area contributed by atoms with Crippen molar-refractivity contribution in [1.82, 2.24) is 5.43 Å². The molecule has 1 aromatic rings. The van der Waals surface area contributed by atoms with Crippen LogP contribution >= 0.6 is 11.3 Å². The molecule has 3 heteroatoms. The molecule has 1 atom stereocenters. The lowest BCUT2D eigenvalue weighted by atomic mass is 10.00. The van der Waals surface area contributed by atoms with Gasteiger partial charge in [0.1, 0.15) is 0 Å². The van der Waals surface area contributed by atoms with Gasteiger partial charge in [0, 0.05) is 0 Å². The summed E-state index contributed by atoms with van der Waals surface area (Å²) >= 11 is 1.73. The fourth-order valence-corrected chi connectivity index (χ4v) is 3.61. The number of hydrogen-bond acceptors (Lipinski definition) is 3. The van der Waals surface area contributed by atoms with Crippen molar-refractivity contribution in [3.05, 3.63) is 22.4 Å². The molecule has 3 N–H and O–H groups in total. The van der Waals surface area contributed by atoms with Crippen LogP contribution < -0.4 is 11.3 Å². The van der Waals surface area contributed by atoms with Crippen LogP contribution in [0.3, 0.4) is 0 Å². The maximum atomic E-state index is 5.70. The Morgan fingerprint density at radius 3 is 2.27 bits per heavy atom. The molecular formula is C12H20N2S. The van der Waals surface area contributed by atoms with E-state index in [1.165, 1.54) is 5.56 Å². The second-order valence-corrected chi connectivity index (χ2v) is 6.40. The van der Waals surface area contributed by atoms with Crippen LogP contribution in [0.2, 0.25) is 0 Å². The monoisotopic (exact) mass is 224 g/mol.